The van der Waals surface area contributed by atoms with Crippen LogP contribution in [-0.2, 0) is 12.3 Å². The second-order valence-electron chi connectivity index (χ2n) is 5.27. The smallest absolute Gasteiger partial charge is 0.318 e. The average molecular weight is 353 g/mol. The number of carbonyl (C=O) groups excluding carboxylic acids is 1. The maximum absolute atomic E-state index is 12.5. The van der Waals surface area contributed by atoms with Crippen molar-refractivity contribution in [3.63, 3.8) is 0 Å². The number of thioether (sulfide) groups is 1. The van der Waals surface area contributed by atoms with Crippen LogP contribution >= 0.6 is 23.1 Å². The quantitative estimate of drug-likeness (QED) is 0.890. The maximum atomic E-state index is 12.5. The van der Waals surface area contributed by atoms with Crippen LogP contribution in [0, 0.1) is 0 Å². The number of rotatable bonds is 5. The summed E-state index contributed by atoms with van der Waals surface area (Å²) in [6.07, 6.45) is 6.87. The van der Waals surface area contributed by atoms with Crippen molar-refractivity contribution < 1.29 is 9.32 Å². The molecule has 0 spiro atoms. The lowest BCUT2D eigenvalue weighted by Gasteiger charge is -2.34. The van der Waals surface area contributed by atoms with E-state index >= 15 is 0 Å². The standard InChI is InChI=1S/C14H19N5O2S2/c1-22-9-11-17-12(21-18-11)8-16-14(20)19-6-3-2-4-10(19)13-15-5-7-23-13/h5,7,10H,2-4,6,8-9H2,1H3,(H,16,20)/t10-/m0/s1. The van der Waals surface area contributed by atoms with Crippen molar-refractivity contribution >= 4 is 29.1 Å². The number of hydrogen-bond donors (Lipinski definition) is 1. The van der Waals surface area contributed by atoms with Gasteiger partial charge in [-0.2, -0.15) is 16.7 Å². The maximum Gasteiger partial charge on any atom is 0.318 e. The number of carbonyl (C=O) groups is 1. The van der Waals surface area contributed by atoms with Crippen LogP contribution in [0.4, 0.5) is 4.79 Å². The molecule has 1 aliphatic rings. The summed E-state index contributed by atoms with van der Waals surface area (Å²) in [6, 6.07) is -0.0343. The number of piperidine rings is 1. The second-order valence-corrected chi connectivity index (χ2v) is 7.06. The molecule has 3 heterocycles. The number of amides is 2. The largest absolute Gasteiger partial charge is 0.337 e. The first-order valence-corrected chi connectivity index (χ1v) is 9.79. The van der Waals surface area contributed by atoms with Crippen molar-refractivity contribution in [1.29, 1.82) is 0 Å². The fourth-order valence-corrected chi connectivity index (χ4v) is 3.79. The van der Waals surface area contributed by atoms with Crippen LogP contribution in [-0.4, -0.2) is 38.9 Å². The predicted octanol–water partition coefficient (Wildman–Crippen LogP) is 2.83. The molecule has 23 heavy (non-hydrogen) atoms. The van der Waals surface area contributed by atoms with E-state index in [4.69, 9.17) is 4.52 Å². The summed E-state index contributed by atoms with van der Waals surface area (Å²) in [5.41, 5.74) is 0. The van der Waals surface area contributed by atoms with Crippen molar-refractivity contribution in [3.05, 3.63) is 28.3 Å². The summed E-state index contributed by atoms with van der Waals surface area (Å²) in [4.78, 5) is 23.0. The molecule has 3 rings (SSSR count). The minimum atomic E-state index is -0.102. The van der Waals surface area contributed by atoms with Gasteiger partial charge in [0.05, 0.1) is 18.3 Å². The lowest BCUT2D eigenvalue weighted by Crippen LogP contribution is -2.44. The van der Waals surface area contributed by atoms with Crippen LogP contribution in [0.25, 0.3) is 0 Å². The van der Waals surface area contributed by atoms with Gasteiger partial charge in [0.25, 0.3) is 0 Å². The Labute approximate surface area is 142 Å². The number of urea groups is 1. The second kappa shape index (κ2) is 7.78. The van der Waals surface area contributed by atoms with Gasteiger partial charge in [-0.05, 0) is 25.5 Å². The fraction of sp³-hybridized carbons (Fsp3) is 0.571. The molecule has 0 unspecified atom stereocenters. The van der Waals surface area contributed by atoms with Crippen LogP contribution in [0.2, 0.25) is 0 Å². The highest BCUT2D eigenvalue weighted by Crippen LogP contribution is 2.31. The normalized spacial score (nSPS) is 18.1. The third-order valence-corrected chi connectivity index (χ3v) is 5.10. The highest BCUT2D eigenvalue weighted by atomic mass is 32.2. The molecule has 2 amide bonds. The molecule has 2 aromatic rings. The van der Waals surface area contributed by atoms with Gasteiger partial charge in [0.2, 0.25) is 5.89 Å². The van der Waals surface area contributed by atoms with Gasteiger partial charge in [-0.1, -0.05) is 5.16 Å². The zero-order valence-corrected chi connectivity index (χ0v) is 14.5. The Bertz CT molecular complexity index is 631. The molecule has 1 atom stereocenters. The Kier molecular flexibility index (Phi) is 5.50. The van der Waals surface area contributed by atoms with Gasteiger partial charge in [-0.3, -0.25) is 0 Å². The molecular formula is C14H19N5O2S2. The van der Waals surface area contributed by atoms with E-state index in [0.29, 0.717) is 17.5 Å². The van der Waals surface area contributed by atoms with Crippen LogP contribution in [0.1, 0.15) is 42.0 Å². The van der Waals surface area contributed by atoms with Crippen LogP contribution in [0.3, 0.4) is 0 Å². The first-order chi connectivity index (χ1) is 11.3. The zero-order chi connectivity index (χ0) is 16.1. The lowest BCUT2D eigenvalue weighted by molar-refractivity contribution is 0.150. The van der Waals surface area contributed by atoms with Gasteiger partial charge in [-0.15, -0.1) is 11.3 Å². The number of likely N-dealkylation sites (tertiary alicyclic amines) is 1. The SMILES string of the molecule is CSCc1noc(CNC(=O)N2CCCC[C@H]2c2nccs2)n1. The monoisotopic (exact) mass is 353 g/mol. The van der Waals surface area contributed by atoms with E-state index in [-0.39, 0.29) is 18.6 Å². The van der Waals surface area contributed by atoms with Crippen LogP contribution < -0.4 is 5.32 Å². The molecule has 0 bridgehead atoms. The van der Waals surface area contributed by atoms with E-state index in [1.807, 2.05) is 16.5 Å². The van der Waals surface area contributed by atoms with Crippen molar-refractivity contribution in [3.8, 4) is 0 Å². The fourth-order valence-electron chi connectivity index (χ4n) is 2.63. The lowest BCUT2D eigenvalue weighted by atomic mass is 10.0. The van der Waals surface area contributed by atoms with Crippen LogP contribution in [0.5, 0.6) is 0 Å². The Morgan fingerprint density at radius 1 is 1.57 bits per heavy atom. The summed E-state index contributed by atoms with van der Waals surface area (Å²) in [5.74, 6) is 1.79. The molecule has 2 aromatic heterocycles. The van der Waals surface area contributed by atoms with Gasteiger partial charge >= 0.3 is 6.03 Å². The van der Waals surface area contributed by atoms with Crippen molar-refractivity contribution in [2.75, 3.05) is 12.8 Å². The molecule has 1 saturated heterocycles. The molecule has 0 aliphatic carbocycles. The molecule has 1 N–H and O–H groups in total. The van der Waals surface area contributed by atoms with Gasteiger partial charge < -0.3 is 14.7 Å². The number of hydrogen-bond acceptors (Lipinski definition) is 7. The molecular weight excluding hydrogens is 334 g/mol. The minimum absolute atomic E-state index is 0.0680. The van der Waals surface area contributed by atoms with Crippen molar-refractivity contribution in [1.82, 2.24) is 25.3 Å². The van der Waals surface area contributed by atoms with Gasteiger partial charge in [0, 0.05) is 18.1 Å². The Hall–Kier alpha value is -1.61. The Morgan fingerprint density at radius 2 is 2.48 bits per heavy atom. The van der Waals surface area contributed by atoms with E-state index in [1.54, 1.807) is 29.3 Å². The molecule has 0 saturated carbocycles. The summed E-state index contributed by atoms with van der Waals surface area (Å²) >= 11 is 3.23. The average Bonchev–Trinajstić information content (AvgIpc) is 3.25. The molecule has 7 nitrogen and oxygen atoms in total. The third kappa shape index (κ3) is 4.03. The summed E-state index contributed by atoms with van der Waals surface area (Å²) in [7, 11) is 0. The van der Waals surface area contributed by atoms with E-state index in [2.05, 4.69) is 20.4 Å². The predicted molar refractivity (Wildman–Crippen MR) is 89.2 cm³/mol. The summed E-state index contributed by atoms with van der Waals surface area (Å²) < 4.78 is 5.14. The molecule has 1 fully saturated rings. The van der Waals surface area contributed by atoms with E-state index < -0.39 is 0 Å². The van der Waals surface area contributed by atoms with E-state index in [1.165, 1.54) is 0 Å². The number of nitrogens with one attached hydrogen (secondary N) is 1. The first kappa shape index (κ1) is 16.3. The van der Waals surface area contributed by atoms with Gasteiger partial charge in [0.15, 0.2) is 5.82 Å². The van der Waals surface area contributed by atoms with Gasteiger partial charge in [0.1, 0.15) is 5.01 Å². The van der Waals surface area contributed by atoms with Gasteiger partial charge in [-0.25, -0.2) is 9.78 Å². The molecule has 124 valence electrons. The summed E-state index contributed by atoms with van der Waals surface area (Å²) in [5, 5.41) is 9.70. The van der Waals surface area contributed by atoms with Crippen molar-refractivity contribution in [2.24, 2.45) is 0 Å². The first-order valence-electron chi connectivity index (χ1n) is 7.52. The highest BCUT2D eigenvalue weighted by molar-refractivity contribution is 7.97. The number of nitrogens with zero attached hydrogens (tertiary/aromatic N) is 4. The number of aromatic nitrogens is 3. The molecule has 1 aliphatic heterocycles. The molecule has 9 heteroatoms. The Balaban J connectivity index is 1.59. The number of thiazole rings is 1. The zero-order valence-electron chi connectivity index (χ0n) is 12.9. The van der Waals surface area contributed by atoms with E-state index in [0.717, 1.165) is 30.8 Å². The molecule has 0 aromatic carbocycles. The van der Waals surface area contributed by atoms with Crippen molar-refractivity contribution in [2.45, 2.75) is 37.6 Å². The topological polar surface area (TPSA) is 84.2 Å². The molecule has 0 radical (unpaired) electrons. The minimum Gasteiger partial charge on any atom is -0.337 e. The highest BCUT2D eigenvalue weighted by Gasteiger charge is 2.29. The van der Waals surface area contributed by atoms with Crippen LogP contribution in [0.15, 0.2) is 16.1 Å². The summed E-state index contributed by atoms with van der Waals surface area (Å²) in [6.45, 7) is 0.999. The third-order valence-electron chi connectivity index (χ3n) is 3.67. The van der Waals surface area contributed by atoms with E-state index in [9.17, 15) is 4.79 Å². The Morgan fingerprint density at radius 3 is 3.26 bits per heavy atom.